The lowest BCUT2D eigenvalue weighted by atomic mass is 9.95. The standard InChI is InChI=1S/C19H29N3O3/c1-4-19(3,22-9-11-25-12-10-22)14-21-17(23)13-20-18(24)16-7-5-15(2)6-8-16/h5-8H,4,9-14H2,1-3H3,(H,20,24)(H,21,23). The van der Waals surface area contributed by atoms with Crippen LogP contribution in [0.4, 0.5) is 0 Å². The van der Waals surface area contributed by atoms with Gasteiger partial charge in [-0.05, 0) is 32.4 Å². The summed E-state index contributed by atoms with van der Waals surface area (Å²) in [5.74, 6) is -0.407. The summed E-state index contributed by atoms with van der Waals surface area (Å²) in [6.07, 6.45) is 0.934. The van der Waals surface area contributed by atoms with Crippen LogP contribution in [0.15, 0.2) is 24.3 Å². The monoisotopic (exact) mass is 347 g/mol. The van der Waals surface area contributed by atoms with E-state index in [4.69, 9.17) is 4.74 Å². The van der Waals surface area contributed by atoms with Crippen LogP contribution >= 0.6 is 0 Å². The predicted octanol–water partition coefficient (Wildman–Crippen LogP) is 1.34. The first-order valence-electron chi connectivity index (χ1n) is 8.89. The Labute approximate surface area is 149 Å². The molecule has 0 bridgehead atoms. The second-order valence-corrected chi connectivity index (χ2v) is 6.78. The van der Waals surface area contributed by atoms with Gasteiger partial charge in [0.05, 0.1) is 19.8 Å². The molecule has 138 valence electrons. The van der Waals surface area contributed by atoms with Crippen LogP contribution in [0.1, 0.15) is 36.2 Å². The number of morpholine rings is 1. The van der Waals surface area contributed by atoms with E-state index in [2.05, 4.69) is 29.4 Å². The highest BCUT2D eigenvalue weighted by Gasteiger charge is 2.31. The van der Waals surface area contributed by atoms with Crippen LogP contribution < -0.4 is 10.6 Å². The van der Waals surface area contributed by atoms with Crippen molar-refractivity contribution < 1.29 is 14.3 Å². The third-order valence-electron chi connectivity index (χ3n) is 4.93. The van der Waals surface area contributed by atoms with Gasteiger partial charge in [-0.3, -0.25) is 14.5 Å². The number of ether oxygens (including phenoxy) is 1. The van der Waals surface area contributed by atoms with Crippen molar-refractivity contribution in [3.05, 3.63) is 35.4 Å². The van der Waals surface area contributed by atoms with Crippen LogP contribution in [-0.2, 0) is 9.53 Å². The van der Waals surface area contributed by atoms with Gasteiger partial charge in [-0.15, -0.1) is 0 Å². The minimum atomic E-state index is -0.235. The normalized spacial score (nSPS) is 17.6. The molecule has 1 aromatic rings. The first-order valence-corrected chi connectivity index (χ1v) is 8.89. The summed E-state index contributed by atoms with van der Waals surface area (Å²) in [4.78, 5) is 26.5. The number of hydrogen-bond donors (Lipinski definition) is 2. The molecular weight excluding hydrogens is 318 g/mol. The second kappa shape index (κ2) is 8.97. The van der Waals surface area contributed by atoms with E-state index in [0.29, 0.717) is 12.1 Å². The van der Waals surface area contributed by atoms with E-state index in [1.807, 2.05) is 19.1 Å². The van der Waals surface area contributed by atoms with Crippen molar-refractivity contribution >= 4 is 11.8 Å². The Morgan fingerprint density at radius 3 is 2.40 bits per heavy atom. The van der Waals surface area contributed by atoms with Crippen LogP contribution in [0, 0.1) is 6.92 Å². The summed E-state index contributed by atoms with van der Waals surface area (Å²) in [7, 11) is 0. The number of hydrogen-bond acceptors (Lipinski definition) is 4. The van der Waals surface area contributed by atoms with E-state index in [-0.39, 0.29) is 23.9 Å². The van der Waals surface area contributed by atoms with E-state index in [1.54, 1.807) is 12.1 Å². The van der Waals surface area contributed by atoms with Crippen molar-refractivity contribution in [1.82, 2.24) is 15.5 Å². The molecule has 1 aliphatic heterocycles. The molecule has 6 nitrogen and oxygen atoms in total. The smallest absolute Gasteiger partial charge is 0.251 e. The highest BCUT2D eigenvalue weighted by molar-refractivity contribution is 5.96. The predicted molar refractivity (Wildman–Crippen MR) is 97.6 cm³/mol. The van der Waals surface area contributed by atoms with Crippen LogP contribution in [-0.4, -0.2) is 61.6 Å². The Morgan fingerprint density at radius 1 is 1.16 bits per heavy atom. The molecule has 0 saturated carbocycles. The maximum atomic E-state index is 12.1. The van der Waals surface area contributed by atoms with Crippen molar-refractivity contribution in [2.75, 3.05) is 39.4 Å². The Kier molecular flexibility index (Phi) is 6.96. The van der Waals surface area contributed by atoms with Crippen LogP contribution in [0.2, 0.25) is 0 Å². The Morgan fingerprint density at radius 2 is 1.80 bits per heavy atom. The molecule has 1 aliphatic rings. The number of aryl methyl sites for hydroxylation is 1. The molecule has 0 spiro atoms. The third kappa shape index (κ3) is 5.54. The van der Waals surface area contributed by atoms with Crippen LogP contribution in [0.3, 0.4) is 0 Å². The molecule has 6 heteroatoms. The zero-order chi connectivity index (χ0) is 18.3. The lowest BCUT2D eigenvalue weighted by Crippen LogP contribution is -2.57. The van der Waals surface area contributed by atoms with Crippen molar-refractivity contribution in [3.63, 3.8) is 0 Å². The van der Waals surface area contributed by atoms with Gasteiger partial charge in [-0.25, -0.2) is 0 Å². The summed E-state index contributed by atoms with van der Waals surface area (Å²) < 4.78 is 5.40. The number of nitrogens with zero attached hydrogens (tertiary/aromatic N) is 1. The molecule has 0 aromatic heterocycles. The minimum absolute atomic E-state index is 0.0182. The van der Waals surface area contributed by atoms with Gasteiger partial charge in [0.1, 0.15) is 0 Å². The number of amides is 2. The van der Waals surface area contributed by atoms with Gasteiger partial charge < -0.3 is 15.4 Å². The van der Waals surface area contributed by atoms with Gasteiger partial charge in [0.25, 0.3) is 5.91 Å². The number of nitrogens with one attached hydrogen (secondary N) is 2. The average Bonchev–Trinajstić information content (AvgIpc) is 2.65. The molecule has 1 aromatic carbocycles. The minimum Gasteiger partial charge on any atom is -0.379 e. The highest BCUT2D eigenvalue weighted by Crippen LogP contribution is 2.19. The molecule has 0 radical (unpaired) electrons. The van der Waals surface area contributed by atoms with E-state index in [0.717, 1.165) is 38.3 Å². The molecule has 1 saturated heterocycles. The molecule has 1 unspecified atom stereocenters. The Hall–Kier alpha value is -1.92. The SMILES string of the molecule is CCC(C)(CNC(=O)CNC(=O)c1ccc(C)cc1)N1CCOCC1. The van der Waals surface area contributed by atoms with Gasteiger partial charge in [-0.2, -0.15) is 0 Å². The third-order valence-corrected chi connectivity index (χ3v) is 4.93. The molecule has 1 heterocycles. The fourth-order valence-corrected chi connectivity index (χ4v) is 2.88. The molecule has 2 N–H and O–H groups in total. The molecule has 1 fully saturated rings. The lowest BCUT2D eigenvalue weighted by molar-refractivity contribution is -0.121. The summed E-state index contributed by atoms with van der Waals surface area (Å²) in [5, 5.41) is 5.62. The van der Waals surface area contributed by atoms with E-state index >= 15 is 0 Å². The molecule has 25 heavy (non-hydrogen) atoms. The summed E-state index contributed by atoms with van der Waals surface area (Å²) in [6.45, 7) is 10.0. The van der Waals surface area contributed by atoms with E-state index in [9.17, 15) is 9.59 Å². The highest BCUT2D eigenvalue weighted by atomic mass is 16.5. The van der Waals surface area contributed by atoms with Crippen molar-refractivity contribution in [3.8, 4) is 0 Å². The average molecular weight is 347 g/mol. The number of carbonyl (C=O) groups is 2. The molecule has 1 atom stereocenters. The topological polar surface area (TPSA) is 70.7 Å². The maximum Gasteiger partial charge on any atom is 0.251 e. The quantitative estimate of drug-likeness (QED) is 0.781. The zero-order valence-electron chi connectivity index (χ0n) is 15.4. The number of rotatable bonds is 7. The first-order chi connectivity index (χ1) is 11.9. The van der Waals surface area contributed by atoms with Gasteiger partial charge in [-0.1, -0.05) is 24.6 Å². The summed E-state index contributed by atoms with van der Waals surface area (Å²) in [5.41, 5.74) is 1.56. The number of benzene rings is 1. The lowest BCUT2D eigenvalue weighted by Gasteiger charge is -2.43. The fraction of sp³-hybridized carbons (Fsp3) is 0.579. The molecule has 0 aliphatic carbocycles. The van der Waals surface area contributed by atoms with E-state index < -0.39 is 0 Å². The molecular formula is C19H29N3O3. The van der Waals surface area contributed by atoms with Crippen molar-refractivity contribution in [1.29, 1.82) is 0 Å². The molecule has 2 rings (SSSR count). The maximum absolute atomic E-state index is 12.1. The van der Waals surface area contributed by atoms with Crippen molar-refractivity contribution in [2.24, 2.45) is 0 Å². The Bertz CT molecular complexity index is 582. The van der Waals surface area contributed by atoms with Crippen molar-refractivity contribution in [2.45, 2.75) is 32.7 Å². The first kappa shape index (κ1) is 19.4. The summed E-state index contributed by atoms with van der Waals surface area (Å²) >= 11 is 0. The van der Waals surface area contributed by atoms with Gasteiger partial charge in [0.15, 0.2) is 0 Å². The summed E-state index contributed by atoms with van der Waals surface area (Å²) in [6, 6.07) is 7.28. The van der Waals surface area contributed by atoms with E-state index in [1.165, 1.54) is 0 Å². The van der Waals surface area contributed by atoms with Gasteiger partial charge in [0, 0.05) is 30.7 Å². The Balaban J connectivity index is 1.79. The van der Waals surface area contributed by atoms with Gasteiger partial charge in [0.2, 0.25) is 5.91 Å². The largest absolute Gasteiger partial charge is 0.379 e. The van der Waals surface area contributed by atoms with Crippen LogP contribution in [0.25, 0.3) is 0 Å². The molecule has 2 amide bonds. The zero-order valence-corrected chi connectivity index (χ0v) is 15.4. The second-order valence-electron chi connectivity index (χ2n) is 6.78. The van der Waals surface area contributed by atoms with Gasteiger partial charge >= 0.3 is 0 Å². The fourth-order valence-electron chi connectivity index (χ4n) is 2.88. The van der Waals surface area contributed by atoms with Crippen LogP contribution in [0.5, 0.6) is 0 Å². The number of carbonyl (C=O) groups excluding carboxylic acids is 2.